The van der Waals surface area contributed by atoms with Crippen molar-refractivity contribution in [2.24, 2.45) is 0 Å². The van der Waals surface area contributed by atoms with Crippen molar-refractivity contribution >= 4 is 33.5 Å². The second-order valence-corrected chi connectivity index (χ2v) is 9.41. The molecule has 164 valence electrons. The van der Waals surface area contributed by atoms with Crippen LogP contribution in [0.5, 0.6) is 5.75 Å². The number of hydrogen-bond donors (Lipinski definition) is 1. The zero-order valence-corrected chi connectivity index (χ0v) is 18.5. The van der Waals surface area contributed by atoms with E-state index in [4.69, 9.17) is 21.3 Å². The lowest BCUT2D eigenvalue weighted by Crippen LogP contribution is -2.47. The first-order valence-electron chi connectivity index (χ1n) is 11.2. The topological polar surface area (TPSA) is 54.0 Å². The van der Waals surface area contributed by atoms with Crippen molar-refractivity contribution in [3.63, 3.8) is 0 Å². The molecule has 3 atom stereocenters. The first kappa shape index (κ1) is 19.9. The van der Waals surface area contributed by atoms with Gasteiger partial charge in [0.2, 0.25) is 0 Å². The molecule has 0 aliphatic carbocycles. The Morgan fingerprint density at radius 3 is 2.69 bits per heavy atom. The Labute approximate surface area is 190 Å². The number of piperidine rings is 1. The summed E-state index contributed by atoms with van der Waals surface area (Å²) in [6.45, 7) is 2.23. The number of nitrogens with zero attached hydrogens (tertiary/aromatic N) is 3. The molecule has 0 amide bonds. The second-order valence-electron chi connectivity index (χ2n) is 8.97. The molecule has 0 saturated carbocycles. The highest BCUT2D eigenvalue weighted by molar-refractivity contribution is 6.31. The molecule has 1 N–H and O–H groups in total. The molecule has 2 aliphatic rings. The SMILES string of the molecule is CC(c1nc2ccc(Cl)cc2[nH]1)N1C2CCC1CC(Oc1ccnc3ccc(F)cc13)C2. The van der Waals surface area contributed by atoms with E-state index >= 15 is 0 Å². The van der Waals surface area contributed by atoms with E-state index in [1.54, 1.807) is 12.3 Å². The van der Waals surface area contributed by atoms with Crippen LogP contribution in [0.3, 0.4) is 0 Å². The highest BCUT2D eigenvalue weighted by Crippen LogP contribution is 2.42. The van der Waals surface area contributed by atoms with Crippen molar-refractivity contribution in [2.75, 3.05) is 0 Å². The van der Waals surface area contributed by atoms with Gasteiger partial charge in [-0.2, -0.15) is 0 Å². The van der Waals surface area contributed by atoms with E-state index in [1.807, 2.05) is 24.3 Å². The van der Waals surface area contributed by atoms with Crippen LogP contribution in [-0.2, 0) is 0 Å². The Kier molecular flexibility index (Phi) is 4.81. The minimum atomic E-state index is -0.272. The lowest BCUT2D eigenvalue weighted by Gasteiger charge is -2.41. The normalized spacial score (nSPS) is 24.3. The number of nitrogens with one attached hydrogen (secondary N) is 1. The van der Waals surface area contributed by atoms with Gasteiger partial charge in [-0.1, -0.05) is 11.6 Å². The monoisotopic (exact) mass is 450 g/mol. The Hall–Kier alpha value is -2.70. The molecule has 4 aromatic rings. The van der Waals surface area contributed by atoms with Crippen LogP contribution < -0.4 is 4.74 Å². The molecular formula is C25H24ClFN4O. The highest BCUT2D eigenvalue weighted by atomic mass is 35.5. The average Bonchev–Trinajstić information content (AvgIpc) is 3.32. The fourth-order valence-corrected chi connectivity index (χ4v) is 5.78. The molecule has 0 radical (unpaired) electrons. The summed E-state index contributed by atoms with van der Waals surface area (Å²) >= 11 is 6.14. The molecule has 2 aromatic heterocycles. The molecule has 3 unspecified atom stereocenters. The van der Waals surface area contributed by atoms with Crippen molar-refractivity contribution in [1.82, 2.24) is 19.9 Å². The predicted octanol–water partition coefficient (Wildman–Crippen LogP) is 6.04. The number of aromatic amines is 1. The van der Waals surface area contributed by atoms with Crippen molar-refractivity contribution in [1.29, 1.82) is 0 Å². The minimum Gasteiger partial charge on any atom is -0.490 e. The van der Waals surface area contributed by atoms with Crippen molar-refractivity contribution in [3.05, 3.63) is 65.3 Å². The second kappa shape index (κ2) is 7.71. The Bertz CT molecular complexity index is 1290. The van der Waals surface area contributed by atoms with Crippen LogP contribution in [-0.4, -0.2) is 38.0 Å². The fraction of sp³-hybridized carbons (Fsp3) is 0.360. The maximum Gasteiger partial charge on any atom is 0.130 e. The summed E-state index contributed by atoms with van der Waals surface area (Å²) in [5.74, 6) is 1.43. The number of imidazole rings is 1. The van der Waals surface area contributed by atoms with E-state index in [9.17, 15) is 4.39 Å². The number of halogens is 2. The summed E-state index contributed by atoms with van der Waals surface area (Å²) in [5, 5.41) is 1.44. The summed E-state index contributed by atoms with van der Waals surface area (Å²) in [4.78, 5) is 15.2. The third-order valence-electron chi connectivity index (χ3n) is 7.01. The van der Waals surface area contributed by atoms with Crippen molar-refractivity contribution in [2.45, 2.75) is 56.8 Å². The smallest absolute Gasteiger partial charge is 0.130 e. The largest absolute Gasteiger partial charge is 0.490 e. The fourth-order valence-electron chi connectivity index (χ4n) is 5.61. The number of H-pyrrole nitrogens is 1. The molecule has 32 heavy (non-hydrogen) atoms. The summed E-state index contributed by atoms with van der Waals surface area (Å²) in [6, 6.07) is 13.3. The zero-order valence-electron chi connectivity index (χ0n) is 17.8. The molecule has 2 bridgehead atoms. The molecule has 2 saturated heterocycles. The van der Waals surface area contributed by atoms with Gasteiger partial charge in [0.05, 0.1) is 22.6 Å². The third-order valence-corrected chi connectivity index (χ3v) is 7.24. The summed E-state index contributed by atoms with van der Waals surface area (Å²) in [5.41, 5.74) is 2.67. The Morgan fingerprint density at radius 2 is 1.88 bits per heavy atom. The van der Waals surface area contributed by atoms with Crippen molar-refractivity contribution < 1.29 is 9.13 Å². The molecule has 0 spiro atoms. The van der Waals surface area contributed by atoms with E-state index in [0.29, 0.717) is 17.1 Å². The summed E-state index contributed by atoms with van der Waals surface area (Å²) < 4.78 is 20.3. The average molecular weight is 451 g/mol. The number of ether oxygens (including phenoxy) is 1. The number of benzene rings is 2. The lowest BCUT2D eigenvalue weighted by molar-refractivity contribution is 0.0241. The van der Waals surface area contributed by atoms with E-state index in [2.05, 4.69) is 21.8 Å². The molecule has 5 nitrogen and oxygen atoms in total. The maximum atomic E-state index is 13.8. The molecule has 2 aliphatic heterocycles. The van der Waals surface area contributed by atoms with E-state index in [-0.39, 0.29) is 18.0 Å². The number of rotatable bonds is 4. The van der Waals surface area contributed by atoms with Crippen molar-refractivity contribution in [3.8, 4) is 5.75 Å². The van der Waals surface area contributed by atoms with Gasteiger partial charge in [0.25, 0.3) is 0 Å². The van der Waals surface area contributed by atoms with Gasteiger partial charge in [0.1, 0.15) is 23.5 Å². The predicted molar refractivity (Wildman–Crippen MR) is 124 cm³/mol. The van der Waals surface area contributed by atoms with Crippen LogP contribution in [0.15, 0.2) is 48.7 Å². The van der Waals surface area contributed by atoms with Gasteiger partial charge >= 0.3 is 0 Å². The van der Waals surface area contributed by atoms with Gasteiger partial charge in [0, 0.05) is 28.7 Å². The highest BCUT2D eigenvalue weighted by Gasteiger charge is 2.44. The summed E-state index contributed by atoms with van der Waals surface area (Å²) in [7, 11) is 0. The molecular weight excluding hydrogens is 427 g/mol. The Morgan fingerprint density at radius 1 is 1.09 bits per heavy atom. The van der Waals surface area contributed by atoms with Crippen LogP contribution in [0.25, 0.3) is 21.9 Å². The lowest BCUT2D eigenvalue weighted by atomic mass is 9.97. The molecule has 7 heteroatoms. The molecule has 2 fully saturated rings. The summed E-state index contributed by atoms with van der Waals surface area (Å²) in [6.07, 6.45) is 6.06. The van der Waals surface area contributed by atoms with E-state index in [0.717, 1.165) is 59.2 Å². The first-order chi connectivity index (χ1) is 15.5. The third kappa shape index (κ3) is 3.42. The van der Waals surface area contributed by atoms with Gasteiger partial charge in [-0.3, -0.25) is 9.88 Å². The number of pyridine rings is 1. The van der Waals surface area contributed by atoms with Gasteiger partial charge in [0.15, 0.2) is 0 Å². The minimum absolute atomic E-state index is 0.110. The quantitative estimate of drug-likeness (QED) is 0.412. The van der Waals surface area contributed by atoms with Gasteiger partial charge < -0.3 is 9.72 Å². The van der Waals surface area contributed by atoms with Crippen LogP contribution in [0.1, 0.15) is 44.5 Å². The van der Waals surface area contributed by atoms with Crippen LogP contribution in [0.2, 0.25) is 5.02 Å². The Balaban J connectivity index is 1.22. The number of fused-ring (bicyclic) bond motifs is 4. The molecule has 4 heterocycles. The van der Waals surface area contributed by atoms with Gasteiger partial charge in [-0.05, 0) is 75.1 Å². The maximum absolute atomic E-state index is 13.8. The number of aromatic nitrogens is 3. The van der Waals surface area contributed by atoms with Crippen LogP contribution in [0.4, 0.5) is 4.39 Å². The van der Waals surface area contributed by atoms with Crippen LogP contribution >= 0.6 is 11.6 Å². The molecule has 2 aromatic carbocycles. The zero-order chi connectivity index (χ0) is 21.8. The first-order valence-corrected chi connectivity index (χ1v) is 11.6. The van der Waals surface area contributed by atoms with E-state index < -0.39 is 0 Å². The van der Waals surface area contributed by atoms with Gasteiger partial charge in [-0.25, -0.2) is 9.37 Å². The molecule has 6 rings (SSSR count). The number of hydrogen-bond acceptors (Lipinski definition) is 4. The standard InChI is InChI=1S/C25H24ClFN4O/c1-14(25-29-22-6-2-15(26)10-23(22)30-25)31-17-4-5-18(31)13-19(12-17)32-24-8-9-28-21-7-3-16(27)11-20(21)24/h2-3,6-11,14,17-19H,4-5,12-13H2,1H3,(H,29,30). The van der Waals surface area contributed by atoms with Gasteiger partial charge in [-0.15, -0.1) is 0 Å². The van der Waals surface area contributed by atoms with Crippen LogP contribution in [0, 0.1) is 5.82 Å². The van der Waals surface area contributed by atoms with E-state index in [1.165, 1.54) is 12.1 Å².